The third kappa shape index (κ3) is 4.29. The van der Waals surface area contributed by atoms with Crippen molar-refractivity contribution in [2.45, 2.75) is 4.90 Å². The lowest BCUT2D eigenvalue weighted by Gasteiger charge is -2.22. The Labute approximate surface area is 190 Å². The molecule has 11 heteroatoms. The summed E-state index contributed by atoms with van der Waals surface area (Å²) in [6.45, 7) is 1.25. The molecule has 0 N–H and O–H groups in total. The molecule has 0 atom stereocenters. The number of sulfonamides is 1. The van der Waals surface area contributed by atoms with Crippen LogP contribution in [0.1, 0.15) is 10.4 Å². The van der Waals surface area contributed by atoms with Crippen molar-refractivity contribution < 1.29 is 22.7 Å². The van der Waals surface area contributed by atoms with Crippen molar-refractivity contribution in [2.75, 3.05) is 53.0 Å². The Kier molecular flexibility index (Phi) is 6.08. The van der Waals surface area contributed by atoms with Gasteiger partial charge in [-0.05, 0) is 38.4 Å². The van der Waals surface area contributed by atoms with E-state index >= 15 is 0 Å². The molecule has 170 valence electrons. The minimum absolute atomic E-state index is 0.133. The summed E-state index contributed by atoms with van der Waals surface area (Å²) in [6.07, 6.45) is 0. The van der Waals surface area contributed by atoms with Gasteiger partial charge in [0.05, 0.1) is 15.1 Å². The van der Waals surface area contributed by atoms with Crippen molar-refractivity contribution in [1.82, 2.24) is 14.2 Å². The number of thiazole rings is 1. The van der Waals surface area contributed by atoms with Crippen molar-refractivity contribution in [3.05, 3.63) is 42.0 Å². The Morgan fingerprint density at radius 2 is 1.69 bits per heavy atom. The van der Waals surface area contributed by atoms with Gasteiger partial charge >= 0.3 is 0 Å². The molecule has 0 saturated carbocycles. The van der Waals surface area contributed by atoms with E-state index in [9.17, 15) is 13.2 Å². The fourth-order valence-electron chi connectivity index (χ4n) is 3.14. The number of aromatic nitrogens is 1. The predicted molar refractivity (Wildman–Crippen MR) is 123 cm³/mol. The first kappa shape index (κ1) is 22.5. The lowest BCUT2D eigenvalue weighted by Crippen LogP contribution is -2.36. The SMILES string of the molecule is CN(C)CCN(C(=O)c1ccc(S(=O)(=O)N(C)C)cc1)c1nc2cc3c(cc2s1)OCO3. The zero-order valence-corrected chi connectivity index (χ0v) is 19.9. The average molecular weight is 477 g/mol. The largest absolute Gasteiger partial charge is 0.454 e. The summed E-state index contributed by atoms with van der Waals surface area (Å²) in [6, 6.07) is 9.64. The number of carbonyl (C=O) groups excluding carboxylic acids is 1. The standard InChI is InChI=1S/C21H24N4O5S2/c1-23(2)9-10-25(20(26)14-5-7-15(8-6-14)32(27,28)24(3)4)21-22-16-11-17-18(30-13-29-17)12-19(16)31-21/h5-8,11-12H,9-10,13H2,1-4H3. The average Bonchev–Trinajstić information content (AvgIpc) is 3.37. The quantitative estimate of drug-likeness (QED) is 0.517. The maximum absolute atomic E-state index is 13.4. The fourth-order valence-corrected chi connectivity index (χ4v) is 5.04. The molecule has 2 heterocycles. The van der Waals surface area contributed by atoms with Crippen LogP contribution in [0.2, 0.25) is 0 Å². The molecule has 1 aliphatic heterocycles. The second-order valence-corrected chi connectivity index (χ2v) is 10.9. The smallest absolute Gasteiger partial charge is 0.260 e. The number of benzene rings is 2. The van der Waals surface area contributed by atoms with Gasteiger partial charge in [-0.1, -0.05) is 11.3 Å². The maximum Gasteiger partial charge on any atom is 0.260 e. The van der Waals surface area contributed by atoms with Crippen molar-refractivity contribution in [3.63, 3.8) is 0 Å². The highest BCUT2D eigenvalue weighted by Crippen LogP contribution is 2.40. The van der Waals surface area contributed by atoms with Gasteiger partial charge in [0, 0.05) is 44.9 Å². The lowest BCUT2D eigenvalue weighted by molar-refractivity contribution is 0.0985. The Bertz CT molecular complexity index is 1210. The van der Waals surface area contributed by atoms with Crippen LogP contribution in [0.15, 0.2) is 41.3 Å². The molecule has 0 unspecified atom stereocenters. The summed E-state index contributed by atoms with van der Waals surface area (Å²) >= 11 is 1.39. The molecule has 2 aromatic carbocycles. The van der Waals surface area contributed by atoms with Crippen molar-refractivity contribution in [1.29, 1.82) is 0 Å². The van der Waals surface area contributed by atoms with Crippen LogP contribution in [0, 0.1) is 0 Å². The van der Waals surface area contributed by atoms with Gasteiger partial charge < -0.3 is 14.4 Å². The molecule has 32 heavy (non-hydrogen) atoms. The molecule has 3 aromatic rings. The highest BCUT2D eigenvalue weighted by Gasteiger charge is 2.24. The zero-order chi connectivity index (χ0) is 23.0. The van der Waals surface area contributed by atoms with E-state index in [1.807, 2.05) is 31.1 Å². The number of carbonyl (C=O) groups is 1. The highest BCUT2D eigenvalue weighted by molar-refractivity contribution is 7.89. The number of amides is 1. The van der Waals surface area contributed by atoms with Crippen LogP contribution in [-0.2, 0) is 10.0 Å². The molecule has 1 aliphatic rings. The third-order valence-corrected chi connectivity index (χ3v) is 7.87. The normalized spacial score (nSPS) is 13.3. The minimum Gasteiger partial charge on any atom is -0.454 e. The number of likely N-dealkylation sites (N-methyl/N-ethyl adjacent to an activating group) is 1. The first-order valence-electron chi connectivity index (χ1n) is 9.86. The van der Waals surface area contributed by atoms with Gasteiger partial charge in [-0.25, -0.2) is 17.7 Å². The monoisotopic (exact) mass is 476 g/mol. The summed E-state index contributed by atoms with van der Waals surface area (Å²) < 4.78 is 37.6. The number of hydrogen-bond acceptors (Lipinski definition) is 8. The molecule has 0 saturated heterocycles. The van der Waals surface area contributed by atoms with E-state index in [2.05, 4.69) is 4.98 Å². The van der Waals surface area contributed by atoms with Gasteiger partial charge in [0.15, 0.2) is 16.6 Å². The molecule has 0 aliphatic carbocycles. The Morgan fingerprint density at radius 1 is 1.03 bits per heavy atom. The van der Waals surface area contributed by atoms with Crippen LogP contribution in [0.5, 0.6) is 11.5 Å². The van der Waals surface area contributed by atoms with Crippen LogP contribution in [0.3, 0.4) is 0 Å². The number of nitrogens with zero attached hydrogens (tertiary/aromatic N) is 4. The third-order valence-electron chi connectivity index (χ3n) is 5.00. The van der Waals surface area contributed by atoms with Crippen LogP contribution in [0.25, 0.3) is 10.2 Å². The summed E-state index contributed by atoms with van der Waals surface area (Å²) in [4.78, 5) is 21.8. The number of rotatable bonds is 7. The Balaban J connectivity index is 1.67. The first-order valence-corrected chi connectivity index (χ1v) is 12.1. The maximum atomic E-state index is 13.4. The second kappa shape index (κ2) is 8.66. The molecule has 0 radical (unpaired) electrons. The molecule has 0 fully saturated rings. The van der Waals surface area contributed by atoms with E-state index in [1.165, 1.54) is 49.7 Å². The molecular weight excluding hydrogens is 452 g/mol. The number of ether oxygens (including phenoxy) is 2. The first-order chi connectivity index (χ1) is 15.2. The molecular formula is C21H24N4O5S2. The molecule has 9 nitrogen and oxygen atoms in total. The van der Waals surface area contributed by atoms with Crippen LogP contribution < -0.4 is 14.4 Å². The van der Waals surface area contributed by atoms with E-state index < -0.39 is 10.0 Å². The molecule has 4 rings (SSSR count). The second-order valence-electron chi connectivity index (χ2n) is 7.74. The molecule has 0 spiro atoms. The fraction of sp³-hybridized carbons (Fsp3) is 0.333. The van der Waals surface area contributed by atoms with Gasteiger partial charge in [-0.15, -0.1) is 0 Å². The molecule has 1 aromatic heterocycles. The van der Waals surface area contributed by atoms with Crippen LogP contribution in [0.4, 0.5) is 5.13 Å². The highest BCUT2D eigenvalue weighted by atomic mass is 32.2. The molecule has 0 bridgehead atoms. The number of anilines is 1. The van der Waals surface area contributed by atoms with Gasteiger partial charge in [-0.2, -0.15) is 0 Å². The van der Waals surface area contributed by atoms with Crippen LogP contribution >= 0.6 is 11.3 Å². The Hall–Kier alpha value is -2.73. The van der Waals surface area contributed by atoms with Gasteiger partial charge in [-0.3, -0.25) is 9.69 Å². The van der Waals surface area contributed by atoms with Crippen molar-refractivity contribution in [3.8, 4) is 11.5 Å². The lowest BCUT2D eigenvalue weighted by atomic mass is 10.2. The van der Waals surface area contributed by atoms with Crippen LogP contribution in [-0.4, -0.2) is 76.6 Å². The van der Waals surface area contributed by atoms with E-state index in [1.54, 1.807) is 4.90 Å². The number of fused-ring (bicyclic) bond motifs is 2. The van der Waals surface area contributed by atoms with Gasteiger partial charge in [0.1, 0.15) is 0 Å². The summed E-state index contributed by atoms with van der Waals surface area (Å²) in [5.74, 6) is 1.05. The van der Waals surface area contributed by atoms with Crippen molar-refractivity contribution in [2.24, 2.45) is 0 Å². The van der Waals surface area contributed by atoms with Crippen molar-refractivity contribution >= 4 is 42.6 Å². The summed E-state index contributed by atoms with van der Waals surface area (Å²) in [5, 5.41) is 0.556. The van der Waals surface area contributed by atoms with Gasteiger partial charge in [0.25, 0.3) is 5.91 Å². The molecule has 1 amide bonds. The van der Waals surface area contributed by atoms with E-state index in [0.29, 0.717) is 35.3 Å². The van der Waals surface area contributed by atoms with Gasteiger partial charge in [0.2, 0.25) is 16.8 Å². The number of hydrogen-bond donors (Lipinski definition) is 0. The van der Waals surface area contributed by atoms with E-state index in [4.69, 9.17) is 9.47 Å². The summed E-state index contributed by atoms with van der Waals surface area (Å²) in [5.41, 5.74) is 1.11. The topological polar surface area (TPSA) is 92.3 Å². The van der Waals surface area contributed by atoms with E-state index in [-0.39, 0.29) is 17.6 Å². The zero-order valence-electron chi connectivity index (χ0n) is 18.2. The van der Waals surface area contributed by atoms with E-state index in [0.717, 1.165) is 14.5 Å². The summed E-state index contributed by atoms with van der Waals surface area (Å²) in [7, 11) is 3.23. The Morgan fingerprint density at radius 3 is 2.31 bits per heavy atom. The predicted octanol–water partition coefficient (Wildman–Crippen LogP) is 2.48. The minimum atomic E-state index is -3.57.